The van der Waals surface area contributed by atoms with Crippen LogP contribution < -0.4 is 0 Å². The minimum Gasteiger partial charge on any atom is -0.104 e. The highest BCUT2D eigenvalue weighted by molar-refractivity contribution is 14.1. The summed E-state index contributed by atoms with van der Waals surface area (Å²) in [4.78, 5) is 0. The standard InChI is InChI=1S/C5H12IP/c1-5(6)7(2,3)4/h1-4H3. The van der Waals surface area contributed by atoms with Crippen LogP contribution in [0.25, 0.3) is 0 Å². The van der Waals surface area contributed by atoms with Crippen LogP contribution in [-0.4, -0.2) is 23.3 Å². The van der Waals surface area contributed by atoms with Crippen molar-refractivity contribution in [2.45, 2.75) is 6.92 Å². The molecule has 0 amide bonds. The summed E-state index contributed by atoms with van der Waals surface area (Å²) >= 11 is 2.42. The average molecular weight is 230 g/mol. The maximum Gasteiger partial charge on any atom is -0.0159 e. The van der Waals surface area contributed by atoms with Gasteiger partial charge < -0.3 is 0 Å². The Bertz CT molecular complexity index is 97.0. The second kappa shape index (κ2) is 2.54. The zero-order valence-corrected chi connectivity index (χ0v) is 8.38. The first-order valence-corrected chi connectivity index (χ1v) is 6.46. The zero-order chi connectivity index (χ0) is 6.08. The van der Waals surface area contributed by atoms with Crippen molar-refractivity contribution in [1.82, 2.24) is 0 Å². The van der Waals surface area contributed by atoms with Gasteiger partial charge in [0.2, 0.25) is 0 Å². The van der Waals surface area contributed by atoms with E-state index in [1.807, 2.05) is 0 Å². The normalized spacial score (nSPS) is 11.6. The van der Waals surface area contributed by atoms with Crippen LogP contribution in [0, 0.1) is 0 Å². The summed E-state index contributed by atoms with van der Waals surface area (Å²) in [6.45, 7) is 8.60. The van der Waals surface area contributed by atoms with Crippen molar-refractivity contribution < 1.29 is 0 Å². The molecule has 0 N–H and O–H groups in total. The number of halogens is 1. The monoisotopic (exact) mass is 230 g/mol. The van der Waals surface area contributed by atoms with Crippen molar-refractivity contribution in [2.24, 2.45) is 0 Å². The van der Waals surface area contributed by atoms with Crippen molar-refractivity contribution in [3.8, 4) is 0 Å². The molecule has 0 saturated carbocycles. The van der Waals surface area contributed by atoms with Crippen LogP contribution in [0.1, 0.15) is 6.92 Å². The van der Waals surface area contributed by atoms with E-state index in [-0.39, 0.29) is 0 Å². The molecule has 0 heterocycles. The lowest BCUT2D eigenvalue weighted by Gasteiger charge is -2.06. The molecular weight excluding hydrogens is 218 g/mol. The molecular formula is C5H12IP. The Labute approximate surface area is 59.8 Å². The van der Waals surface area contributed by atoms with Crippen molar-refractivity contribution in [3.05, 3.63) is 0 Å². The van der Waals surface area contributed by atoms with Gasteiger partial charge in [-0.2, -0.15) is 0 Å². The van der Waals surface area contributed by atoms with Gasteiger partial charge in [-0.15, -0.1) is 6.89 Å². The third-order valence-electron chi connectivity index (χ3n) is 0.924. The molecule has 0 rings (SSSR count). The SMILES string of the molecule is CC(I)=P(C)(C)C. The second-order valence-electron chi connectivity index (χ2n) is 2.51. The summed E-state index contributed by atoms with van der Waals surface area (Å²) in [5.41, 5.74) is 0. The molecule has 44 valence electrons. The first-order chi connectivity index (χ1) is 2.94. The quantitative estimate of drug-likeness (QED) is 0.443. The molecule has 0 radical (unpaired) electrons. The molecule has 0 aliphatic heterocycles. The topological polar surface area (TPSA) is 0 Å². The Morgan fingerprint density at radius 2 is 1.43 bits per heavy atom. The molecule has 0 unspecified atom stereocenters. The van der Waals surface area contributed by atoms with Gasteiger partial charge in [0.05, 0.1) is 0 Å². The Morgan fingerprint density at radius 3 is 1.43 bits per heavy atom. The van der Waals surface area contributed by atoms with E-state index >= 15 is 0 Å². The third kappa shape index (κ3) is 3.60. The van der Waals surface area contributed by atoms with Crippen molar-refractivity contribution >= 4 is 32.8 Å². The van der Waals surface area contributed by atoms with E-state index < -0.39 is 6.89 Å². The molecule has 0 aromatic rings. The molecule has 0 fully saturated rings. The summed E-state index contributed by atoms with van der Waals surface area (Å²) in [6, 6.07) is 0. The summed E-state index contributed by atoms with van der Waals surface area (Å²) in [5.74, 6) is 0. The van der Waals surface area contributed by atoms with Gasteiger partial charge in [-0.25, -0.2) is 0 Å². The number of rotatable bonds is 0. The van der Waals surface area contributed by atoms with E-state index in [1.165, 1.54) is 0 Å². The van der Waals surface area contributed by atoms with Crippen LogP contribution in [0.4, 0.5) is 0 Å². The minimum atomic E-state index is -0.584. The number of hydrogen-bond donors (Lipinski definition) is 0. The Hall–Kier alpha value is 1.03. The number of hydrogen-bond acceptors (Lipinski definition) is 0. The molecule has 0 nitrogen and oxygen atoms in total. The van der Waals surface area contributed by atoms with Gasteiger partial charge in [0.25, 0.3) is 0 Å². The smallest absolute Gasteiger partial charge is 0.0159 e. The highest BCUT2D eigenvalue weighted by Gasteiger charge is 1.94. The van der Waals surface area contributed by atoms with Crippen molar-refractivity contribution in [2.75, 3.05) is 20.0 Å². The fraction of sp³-hybridized carbons (Fsp3) is 0.800. The third-order valence-corrected chi connectivity index (χ3v) is 7.11. The van der Waals surface area contributed by atoms with E-state index in [9.17, 15) is 0 Å². The molecule has 0 aromatic carbocycles. The second-order valence-corrected chi connectivity index (χ2v) is 9.68. The molecule has 0 spiro atoms. The minimum absolute atomic E-state index is 0.584. The van der Waals surface area contributed by atoms with Crippen LogP contribution >= 0.6 is 29.5 Å². The highest BCUT2D eigenvalue weighted by atomic mass is 127. The lowest BCUT2D eigenvalue weighted by Crippen LogP contribution is -1.80. The van der Waals surface area contributed by atoms with Gasteiger partial charge in [0, 0.05) is 0 Å². The lowest BCUT2D eigenvalue weighted by atomic mass is 11.0. The van der Waals surface area contributed by atoms with Crippen LogP contribution in [0.15, 0.2) is 0 Å². The van der Waals surface area contributed by atoms with E-state index in [0.29, 0.717) is 0 Å². The van der Waals surface area contributed by atoms with E-state index in [0.717, 1.165) is 0 Å². The van der Waals surface area contributed by atoms with Crippen molar-refractivity contribution in [1.29, 1.82) is 0 Å². The predicted molar refractivity (Wildman–Crippen MR) is 49.4 cm³/mol. The Balaban J connectivity index is 4.28. The van der Waals surface area contributed by atoms with Gasteiger partial charge in [-0.3, -0.25) is 0 Å². The van der Waals surface area contributed by atoms with Crippen LogP contribution in [0.5, 0.6) is 0 Å². The summed E-state index contributed by atoms with van der Waals surface area (Å²) in [7, 11) is 0. The fourth-order valence-corrected chi connectivity index (χ4v) is 0. The lowest BCUT2D eigenvalue weighted by molar-refractivity contribution is 2.04. The van der Waals surface area contributed by atoms with Gasteiger partial charge in [-0.05, 0) is 52.8 Å². The highest BCUT2D eigenvalue weighted by Crippen LogP contribution is 2.36. The first-order valence-electron chi connectivity index (χ1n) is 2.25. The van der Waals surface area contributed by atoms with Gasteiger partial charge in [0.1, 0.15) is 0 Å². The summed E-state index contributed by atoms with van der Waals surface area (Å²) in [5, 5.41) is 0. The molecule has 0 atom stereocenters. The molecule has 0 aromatic heterocycles. The molecule has 0 saturated heterocycles. The van der Waals surface area contributed by atoms with Gasteiger partial charge in [-0.1, -0.05) is 0 Å². The van der Waals surface area contributed by atoms with Gasteiger partial charge >= 0.3 is 0 Å². The Morgan fingerprint density at radius 1 is 1.29 bits per heavy atom. The summed E-state index contributed by atoms with van der Waals surface area (Å²) in [6.07, 6.45) is 0. The van der Waals surface area contributed by atoms with Crippen molar-refractivity contribution in [3.63, 3.8) is 0 Å². The van der Waals surface area contributed by atoms with Crippen LogP contribution in [-0.2, 0) is 0 Å². The molecule has 0 bridgehead atoms. The maximum absolute atomic E-state index is 2.42. The zero-order valence-electron chi connectivity index (χ0n) is 5.33. The molecule has 2 heteroatoms. The summed E-state index contributed by atoms with van der Waals surface area (Å²) < 4.78 is 1.57. The molecule has 7 heavy (non-hydrogen) atoms. The first kappa shape index (κ1) is 8.03. The van der Waals surface area contributed by atoms with Crippen LogP contribution in [0.2, 0.25) is 0 Å². The molecule has 0 aliphatic rings. The maximum atomic E-state index is 2.42. The van der Waals surface area contributed by atoms with E-state index in [2.05, 4.69) is 49.5 Å². The Kier molecular flexibility index (Phi) is 2.91. The fourth-order valence-electron chi connectivity index (χ4n) is 0. The van der Waals surface area contributed by atoms with Crippen LogP contribution in [0.3, 0.4) is 0 Å². The average Bonchev–Trinajstić information content (AvgIpc) is 1.31. The largest absolute Gasteiger partial charge is 0.104 e. The van der Waals surface area contributed by atoms with Gasteiger partial charge in [0.15, 0.2) is 0 Å². The van der Waals surface area contributed by atoms with E-state index in [1.54, 1.807) is 3.30 Å². The molecule has 0 aliphatic carbocycles. The predicted octanol–water partition coefficient (Wildman–Crippen LogP) is 2.48. The van der Waals surface area contributed by atoms with E-state index in [4.69, 9.17) is 0 Å².